The fraction of sp³-hybridized carbons (Fsp3) is 0.133. The van der Waals surface area contributed by atoms with E-state index in [2.05, 4.69) is 15.3 Å². The zero-order valence-electron chi connectivity index (χ0n) is 10.4. The number of nitrogens with zero attached hydrogens (tertiary/aromatic N) is 1. The minimum absolute atomic E-state index is 0.420. The number of H-pyrrole nitrogens is 1. The van der Waals surface area contributed by atoms with Gasteiger partial charge in [0.15, 0.2) is 0 Å². The fourth-order valence-corrected chi connectivity index (χ4v) is 2.02. The van der Waals surface area contributed by atoms with Gasteiger partial charge in [-0.05, 0) is 17.7 Å². The van der Waals surface area contributed by atoms with E-state index >= 15 is 0 Å². The summed E-state index contributed by atoms with van der Waals surface area (Å²) in [5, 5.41) is 13.2. The number of aromatic nitrogens is 2. The lowest BCUT2D eigenvalue weighted by molar-refractivity contribution is 0.191. The zero-order chi connectivity index (χ0) is 13.1. The van der Waals surface area contributed by atoms with Gasteiger partial charge < -0.3 is 15.4 Å². The minimum Gasteiger partial charge on any atom is -0.387 e. The summed E-state index contributed by atoms with van der Waals surface area (Å²) < 4.78 is 0. The first-order chi connectivity index (χ1) is 9.33. The van der Waals surface area contributed by atoms with Crippen molar-refractivity contribution >= 4 is 17.0 Å². The number of para-hydroxylation sites is 2. The predicted molar refractivity (Wildman–Crippen MR) is 76.0 cm³/mol. The first-order valence-electron chi connectivity index (χ1n) is 6.24. The maximum absolute atomic E-state index is 10.1. The van der Waals surface area contributed by atoms with Crippen molar-refractivity contribution < 1.29 is 5.11 Å². The number of imidazole rings is 1. The number of hydrogen-bond acceptors (Lipinski definition) is 3. The molecule has 3 rings (SSSR count). The summed E-state index contributed by atoms with van der Waals surface area (Å²) in [6.07, 6.45) is -0.547. The number of aromatic amines is 1. The molecule has 0 fully saturated rings. The number of hydrogen-bond donors (Lipinski definition) is 3. The van der Waals surface area contributed by atoms with E-state index in [9.17, 15) is 5.11 Å². The number of nitrogens with one attached hydrogen (secondary N) is 2. The Bertz CT molecular complexity index is 630. The number of anilines is 1. The van der Waals surface area contributed by atoms with Gasteiger partial charge in [0.05, 0.1) is 17.1 Å². The van der Waals surface area contributed by atoms with E-state index < -0.39 is 6.10 Å². The standard InChI is InChI=1S/C15H15N3O/c19-14(11-6-2-1-3-7-11)10-16-15-17-12-8-4-5-9-13(12)18-15/h1-9,14,19H,10H2,(H2,16,17,18). The van der Waals surface area contributed by atoms with Crippen molar-refractivity contribution in [3.63, 3.8) is 0 Å². The average Bonchev–Trinajstić information content (AvgIpc) is 2.88. The molecule has 19 heavy (non-hydrogen) atoms. The van der Waals surface area contributed by atoms with Crippen molar-refractivity contribution in [2.45, 2.75) is 6.10 Å². The topological polar surface area (TPSA) is 60.9 Å². The first-order valence-corrected chi connectivity index (χ1v) is 6.24. The van der Waals surface area contributed by atoms with Crippen LogP contribution in [0.15, 0.2) is 54.6 Å². The van der Waals surface area contributed by atoms with Crippen LogP contribution in [-0.4, -0.2) is 21.6 Å². The third-order valence-corrected chi connectivity index (χ3v) is 3.04. The van der Waals surface area contributed by atoms with Gasteiger partial charge in [-0.2, -0.15) is 0 Å². The highest BCUT2D eigenvalue weighted by Crippen LogP contribution is 2.16. The van der Waals surface area contributed by atoms with Gasteiger partial charge in [-0.1, -0.05) is 42.5 Å². The second kappa shape index (κ2) is 5.12. The van der Waals surface area contributed by atoms with Crippen LogP contribution in [0.4, 0.5) is 5.95 Å². The van der Waals surface area contributed by atoms with Crippen LogP contribution < -0.4 is 5.32 Å². The van der Waals surface area contributed by atoms with Crippen LogP contribution in [-0.2, 0) is 0 Å². The van der Waals surface area contributed by atoms with Crippen LogP contribution in [0.1, 0.15) is 11.7 Å². The van der Waals surface area contributed by atoms with Crippen molar-refractivity contribution in [1.29, 1.82) is 0 Å². The Labute approximate surface area is 111 Å². The van der Waals surface area contributed by atoms with Crippen LogP contribution in [0, 0.1) is 0 Å². The third-order valence-electron chi connectivity index (χ3n) is 3.04. The zero-order valence-corrected chi connectivity index (χ0v) is 10.4. The number of aliphatic hydroxyl groups is 1. The van der Waals surface area contributed by atoms with Crippen LogP contribution in [0.5, 0.6) is 0 Å². The summed E-state index contributed by atoms with van der Waals surface area (Å²) in [6, 6.07) is 17.4. The molecule has 3 aromatic rings. The summed E-state index contributed by atoms with van der Waals surface area (Å²) in [4.78, 5) is 7.57. The molecule has 0 aliphatic rings. The molecule has 96 valence electrons. The maximum atomic E-state index is 10.1. The Morgan fingerprint density at radius 2 is 1.79 bits per heavy atom. The number of benzene rings is 2. The van der Waals surface area contributed by atoms with Crippen molar-refractivity contribution in [3.05, 3.63) is 60.2 Å². The van der Waals surface area contributed by atoms with Crippen LogP contribution in [0.3, 0.4) is 0 Å². The SMILES string of the molecule is OC(CNc1nc2ccccc2[nH]1)c1ccccc1. The van der Waals surface area contributed by atoms with Gasteiger partial charge in [-0.15, -0.1) is 0 Å². The highest BCUT2D eigenvalue weighted by molar-refractivity contribution is 5.77. The Hall–Kier alpha value is -2.33. The monoisotopic (exact) mass is 253 g/mol. The number of aliphatic hydroxyl groups excluding tert-OH is 1. The smallest absolute Gasteiger partial charge is 0.201 e. The molecule has 0 saturated carbocycles. The largest absolute Gasteiger partial charge is 0.387 e. The van der Waals surface area contributed by atoms with Gasteiger partial charge in [0.1, 0.15) is 0 Å². The molecule has 0 amide bonds. The van der Waals surface area contributed by atoms with Crippen LogP contribution in [0.25, 0.3) is 11.0 Å². The quantitative estimate of drug-likeness (QED) is 0.670. The Morgan fingerprint density at radius 1 is 1.05 bits per heavy atom. The van der Waals surface area contributed by atoms with Gasteiger partial charge in [-0.3, -0.25) is 0 Å². The molecule has 1 atom stereocenters. The van der Waals surface area contributed by atoms with Gasteiger partial charge in [0.25, 0.3) is 0 Å². The maximum Gasteiger partial charge on any atom is 0.201 e. The van der Waals surface area contributed by atoms with Crippen molar-refractivity contribution in [2.24, 2.45) is 0 Å². The molecule has 0 bridgehead atoms. The lowest BCUT2D eigenvalue weighted by Crippen LogP contribution is -2.12. The fourth-order valence-electron chi connectivity index (χ4n) is 2.02. The first kappa shape index (κ1) is 11.7. The van der Waals surface area contributed by atoms with Gasteiger partial charge in [0, 0.05) is 6.54 Å². The molecule has 1 heterocycles. The Balaban J connectivity index is 1.69. The van der Waals surface area contributed by atoms with E-state index in [4.69, 9.17) is 0 Å². The Kier molecular flexibility index (Phi) is 3.16. The van der Waals surface area contributed by atoms with Crippen molar-refractivity contribution in [1.82, 2.24) is 9.97 Å². The van der Waals surface area contributed by atoms with Gasteiger partial charge in [-0.25, -0.2) is 4.98 Å². The lowest BCUT2D eigenvalue weighted by Gasteiger charge is -2.11. The molecular weight excluding hydrogens is 238 g/mol. The molecule has 0 aliphatic heterocycles. The summed E-state index contributed by atoms with van der Waals surface area (Å²) >= 11 is 0. The normalized spacial score (nSPS) is 12.5. The molecule has 0 spiro atoms. The minimum atomic E-state index is -0.547. The molecule has 0 saturated heterocycles. The molecule has 4 heteroatoms. The van der Waals surface area contributed by atoms with E-state index in [1.54, 1.807) is 0 Å². The number of fused-ring (bicyclic) bond motifs is 1. The van der Waals surface area contributed by atoms with Gasteiger partial charge >= 0.3 is 0 Å². The molecular formula is C15H15N3O. The number of rotatable bonds is 4. The summed E-state index contributed by atoms with van der Waals surface area (Å²) in [7, 11) is 0. The highest BCUT2D eigenvalue weighted by atomic mass is 16.3. The molecule has 0 radical (unpaired) electrons. The van der Waals surface area contributed by atoms with Crippen LogP contribution >= 0.6 is 0 Å². The van der Waals surface area contributed by atoms with Crippen LogP contribution in [0.2, 0.25) is 0 Å². The summed E-state index contributed by atoms with van der Waals surface area (Å²) in [6.45, 7) is 0.420. The molecule has 1 aromatic heterocycles. The molecule has 2 aromatic carbocycles. The second-order valence-electron chi connectivity index (χ2n) is 4.41. The van der Waals surface area contributed by atoms with E-state index in [-0.39, 0.29) is 0 Å². The van der Waals surface area contributed by atoms with E-state index in [1.807, 2.05) is 54.6 Å². The molecule has 3 N–H and O–H groups in total. The summed E-state index contributed by atoms with van der Waals surface area (Å²) in [5.41, 5.74) is 2.80. The van der Waals surface area contributed by atoms with E-state index in [1.165, 1.54) is 0 Å². The summed E-state index contributed by atoms with van der Waals surface area (Å²) in [5.74, 6) is 0.677. The molecule has 1 unspecified atom stereocenters. The average molecular weight is 253 g/mol. The molecule has 0 aliphatic carbocycles. The van der Waals surface area contributed by atoms with Crippen molar-refractivity contribution in [3.8, 4) is 0 Å². The lowest BCUT2D eigenvalue weighted by atomic mass is 10.1. The predicted octanol–water partition coefficient (Wildman–Crippen LogP) is 2.71. The highest BCUT2D eigenvalue weighted by Gasteiger charge is 2.08. The second-order valence-corrected chi connectivity index (χ2v) is 4.41. The third kappa shape index (κ3) is 2.58. The molecule has 4 nitrogen and oxygen atoms in total. The van der Waals surface area contributed by atoms with E-state index in [0.29, 0.717) is 12.5 Å². The van der Waals surface area contributed by atoms with Gasteiger partial charge in [0.2, 0.25) is 5.95 Å². The van der Waals surface area contributed by atoms with E-state index in [0.717, 1.165) is 16.6 Å². The van der Waals surface area contributed by atoms with Crippen molar-refractivity contribution in [2.75, 3.05) is 11.9 Å². The Morgan fingerprint density at radius 3 is 2.58 bits per heavy atom.